The molecule has 0 spiro atoms. The SMILES string of the molecule is Cc1ccc2c(n1)CCCC=C2. The molecule has 1 aliphatic rings. The Kier molecular flexibility index (Phi) is 1.94. The van der Waals surface area contributed by atoms with Crippen LogP contribution in [0.3, 0.4) is 0 Å². The highest BCUT2D eigenvalue weighted by molar-refractivity contribution is 5.52. The Labute approximate surface area is 73.1 Å². The van der Waals surface area contributed by atoms with Gasteiger partial charge in [-0.3, -0.25) is 4.98 Å². The van der Waals surface area contributed by atoms with E-state index in [-0.39, 0.29) is 0 Å². The molecule has 2 rings (SSSR count). The third-order valence-electron chi connectivity index (χ3n) is 2.23. The van der Waals surface area contributed by atoms with E-state index < -0.39 is 0 Å². The van der Waals surface area contributed by atoms with Crippen molar-refractivity contribution in [2.75, 3.05) is 0 Å². The zero-order valence-electron chi connectivity index (χ0n) is 7.38. The average molecular weight is 159 g/mol. The monoisotopic (exact) mass is 159 g/mol. The molecule has 0 saturated carbocycles. The van der Waals surface area contributed by atoms with Gasteiger partial charge >= 0.3 is 0 Å². The maximum absolute atomic E-state index is 4.52. The van der Waals surface area contributed by atoms with Crippen molar-refractivity contribution in [2.24, 2.45) is 0 Å². The van der Waals surface area contributed by atoms with Gasteiger partial charge in [0.2, 0.25) is 0 Å². The topological polar surface area (TPSA) is 12.9 Å². The van der Waals surface area contributed by atoms with Crippen molar-refractivity contribution >= 4 is 6.08 Å². The Hall–Kier alpha value is -1.11. The molecule has 0 unspecified atom stereocenters. The van der Waals surface area contributed by atoms with Gasteiger partial charge in [-0.2, -0.15) is 0 Å². The van der Waals surface area contributed by atoms with Gasteiger partial charge in [0, 0.05) is 11.4 Å². The molecule has 0 fully saturated rings. The van der Waals surface area contributed by atoms with Crippen LogP contribution >= 0.6 is 0 Å². The second-order valence-corrected chi connectivity index (χ2v) is 3.28. The summed E-state index contributed by atoms with van der Waals surface area (Å²) in [7, 11) is 0. The summed E-state index contributed by atoms with van der Waals surface area (Å²) >= 11 is 0. The maximum atomic E-state index is 4.52. The first-order chi connectivity index (χ1) is 5.86. The predicted molar refractivity (Wildman–Crippen MR) is 50.9 cm³/mol. The minimum Gasteiger partial charge on any atom is -0.258 e. The summed E-state index contributed by atoms with van der Waals surface area (Å²) < 4.78 is 0. The average Bonchev–Trinajstić information content (AvgIpc) is 2.28. The van der Waals surface area contributed by atoms with Crippen LogP contribution in [0.4, 0.5) is 0 Å². The van der Waals surface area contributed by atoms with Gasteiger partial charge in [-0.05, 0) is 37.8 Å². The van der Waals surface area contributed by atoms with Crippen LogP contribution in [0.25, 0.3) is 6.08 Å². The third kappa shape index (κ3) is 1.40. The quantitative estimate of drug-likeness (QED) is 0.567. The number of hydrogen-bond donors (Lipinski definition) is 0. The molecule has 1 heterocycles. The Bertz CT molecular complexity index is 313. The third-order valence-corrected chi connectivity index (χ3v) is 2.23. The van der Waals surface area contributed by atoms with E-state index in [4.69, 9.17) is 0 Å². The zero-order chi connectivity index (χ0) is 8.39. The number of rotatable bonds is 0. The summed E-state index contributed by atoms with van der Waals surface area (Å²) in [5.74, 6) is 0. The van der Waals surface area contributed by atoms with E-state index in [9.17, 15) is 0 Å². The fraction of sp³-hybridized carbons (Fsp3) is 0.364. The predicted octanol–water partition coefficient (Wildman–Crippen LogP) is 2.74. The Balaban J connectivity index is 2.46. The molecule has 0 N–H and O–H groups in total. The summed E-state index contributed by atoms with van der Waals surface area (Å²) in [6, 6.07) is 4.24. The van der Waals surface area contributed by atoms with Gasteiger partial charge < -0.3 is 0 Å². The molecule has 1 nitrogen and oxygen atoms in total. The second kappa shape index (κ2) is 3.10. The minimum absolute atomic E-state index is 1.13. The number of aryl methyl sites for hydroxylation is 2. The molecule has 62 valence electrons. The molecule has 12 heavy (non-hydrogen) atoms. The molecular formula is C11H13N. The Morgan fingerprint density at radius 1 is 1.33 bits per heavy atom. The molecule has 0 saturated heterocycles. The first-order valence-corrected chi connectivity index (χ1v) is 4.49. The zero-order valence-corrected chi connectivity index (χ0v) is 7.38. The molecular weight excluding hydrogens is 146 g/mol. The fourth-order valence-corrected chi connectivity index (χ4v) is 1.57. The van der Waals surface area contributed by atoms with Crippen LogP contribution < -0.4 is 0 Å². The summed E-state index contributed by atoms with van der Waals surface area (Å²) in [5.41, 5.74) is 3.70. The lowest BCUT2D eigenvalue weighted by Gasteiger charge is -2.02. The largest absolute Gasteiger partial charge is 0.258 e. The number of aromatic nitrogens is 1. The van der Waals surface area contributed by atoms with Crippen molar-refractivity contribution in [3.63, 3.8) is 0 Å². The van der Waals surface area contributed by atoms with Crippen LogP contribution in [0.15, 0.2) is 18.2 Å². The van der Waals surface area contributed by atoms with Gasteiger partial charge in [-0.1, -0.05) is 18.2 Å². The number of hydrogen-bond acceptors (Lipinski definition) is 1. The van der Waals surface area contributed by atoms with Gasteiger partial charge in [0.1, 0.15) is 0 Å². The second-order valence-electron chi connectivity index (χ2n) is 3.28. The van der Waals surface area contributed by atoms with E-state index in [1.54, 1.807) is 0 Å². The fourth-order valence-electron chi connectivity index (χ4n) is 1.57. The normalized spacial score (nSPS) is 15.4. The molecule has 1 heteroatoms. The first kappa shape index (κ1) is 7.53. The van der Waals surface area contributed by atoms with Crippen molar-refractivity contribution in [2.45, 2.75) is 26.2 Å². The molecule has 0 aromatic carbocycles. The molecule has 0 aliphatic heterocycles. The van der Waals surface area contributed by atoms with Crippen LogP contribution in [-0.4, -0.2) is 4.98 Å². The summed E-state index contributed by atoms with van der Waals surface area (Å²) in [6.45, 7) is 2.05. The van der Waals surface area contributed by atoms with Gasteiger partial charge in [0.05, 0.1) is 0 Å². The standard InChI is InChI=1S/C11H13N/c1-9-7-8-10-5-3-2-4-6-11(10)12-9/h3,5,7-8H,2,4,6H2,1H3. The van der Waals surface area contributed by atoms with Crippen LogP contribution in [0.1, 0.15) is 29.8 Å². The number of allylic oxidation sites excluding steroid dienone is 1. The van der Waals surface area contributed by atoms with E-state index in [2.05, 4.69) is 36.2 Å². The number of pyridine rings is 1. The van der Waals surface area contributed by atoms with Crippen molar-refractivity contribution in [3.05, 3.63) is 35.2 Å². The molecule has 0 atom stereocenters. The number of fused-ring (bicyclic) bond motifs is 1. The molecule has 0 bridgehead atoms. The Morgan fingerprint density at radius 2 is 2.25 bits per heavy atom. The van der Waals surface area contributed by atoms with Gasteiger partial charge in [-0.15, -0.1) is 0 Å². The van der Waals surface area contributed by atoms with E-state index in [0.29, 0.717) is 0 Å². The molecule has 0 radical (unpaired) electrons. The van der Waals surface area contributed by atoms with E-state index >= 15 is 0 Å². The van der Waals surface area contributed by atoms with Gasteiger partial charge in [-0.25, -0.2) is 0 Å². The molecule has 0 amide bonds. The van der Waals surface area contributed by atoms with Crippen molar-refractivity contribution < 1.29 is 0 Å². The highest BCUT2D eigenvalue weighted by Gasteiger charge is 2.03. The van der Waals surface area contributed by atoms with Gasteiger partial charge in [0.15, 0.2) is 0 Å². The minimum atomic E-state index is 1.13. The molecule has 1 aliphatic carbocycles. The Morgan fingerprint density at radius 3 is 3.17 bits per heavy atom. The smallest absolute Gasteiger partial charge is 0.0479 e. The molecule has 1 aromatic heterocycles. The van der Waals surface area contributed by atoms with E-state index in [1.807, 2.05) is 0 Å². The summed E-state index contributed by atoms with van der Waals surface area (Å²) in [6.07, 6.45) is 7.98. The maximum Gasteiger partial charge on any atom is 0.0479 e. The molecule has 1 aromatic rings. The van der Waals surface area contributed by atoms with Gasteiger partial charge in [0.25, 0.3) is 0 Å². The lowest BCUT2D eigenvalue weighted by Crippen LogP contribution is -1.94. The summed E-state index contributed by atoms with van der Waals surface area (Å²) in [4.78, 5) is 4.52. The number of nitrogens with zero attached hydrogens (tertiary/aromatic N) is 1. The van der Waals surface area contributed by atoms with E-state index in [1.165, 1.54) is 24.1 Å². The summed E-state index contributed by atoms with van der Waals surface area (Å²) in [5, 5.41) is 0. The van der Waals surface area contributed by atoms with E-state index in [0.717, 1.165) is 12.1 Å². The van der Waals surface area contributed by atoms with Crippen LogP contribution in [0.2, 0.25) is 0 Å². The lowest BCUT2D eigenvalue weighted by atomic mass is 10.1. The first-order valence-electron chi connectivity index (χ1n) is 4.49. The van der Waals surface area contributed by atoms with Crippen LogP contribution in [-0.2, 0) is 6.42 Å². The van der Waals surface area contributed by atoms with Crippen molar-refractivity contribution in [1.82, 2.24) is 4.98 Å². The highest BCUT2D eigenvalue weighted by Crippen LogP contribution is 2.16. The van der Waals surface area contributed by atoms with Crippen molar-refractivity contribution in [1.29, 1.82) is 0 Å². The highest BCUT2D eigenvalue weighted by atomic mass is 14.7. The van der Waals surface area contributed by atoms with Crippen LogP contribution in [0.5, 0.6) is 0 Å². The van der Waals surface area contributed by atoms with Crippen molar-refractivity contribution in [3.8, 4) is 0 Å². The lowest BCUT2D eigenvalue weighted by molar-refractivity contribution is 0.821. The van der Waals surface area contributed by atoms with Crippen LogP contribution in [0, 0.1) is 6.92 Å².